The molecule has 164 valence electrons. The van der Waals surface area contributed by atoms with Crippen molar-refractivity contribution in [2.45, 2.75) is 77.6 Å². The van der Waals surface area contributed by atoms with Crippen LogP contribution in [0.3, 0.4) is 0 Å². The van der Waals surface area contributed by atoms with E-state index in [1.807, 2.05) is 50.2 Å². The highest BCUT2D eigenvalue weighted by Gasteiger charge is 2.36. The average Bonchev–Trinajstić information content (AvgIpc) is 2.78. The molecule has 0 heterocycles. The second-order valence-electron chi connectivity index (χ2n) is 8.16. The third kappa shape index (κ3) is 6.77. The molecule has 2 aromatic carbocycles. The minimum Gasteiger partial charge on any atom is -0.494 e. The monoisotopic (exact) mass is 430 g/mol. The van der Waals surface area contributed by atoms with E-state index in [9.17, 15) is 4.79 Å². The van der Waals surface area contributed by atoms with E-state index in [2.05, 4.69) is 23.3 Å². The van der Waals surface area contributed by atoms with Gasteiger partial charge in [-0.2, -0.15) is 0 Å². The SMILES string of the molecule is CCCCCCCCOc1ccc(-c2ccc([C@](C)(CCC)C(=O)OCl)cc2)cc1. The summed E-state index contributed by atoms with van der Waals surface area (Å²) in [5.41, 5.74) is 2.39. The molecule has 0 radical (unpaired) electrons. The first kappa shape index (κ1) is 24.3. The van der Waals surface area contributed by atoms with Crippen molar-refractivity contribution in [3.05, 3.63) is 54.1 Å². The minimum atomic E-state index is -0.733. The van der Waals surface area contributed by atoms with Gasteiger partial charge >= 0.3 is 5.97 Å². The van der Waals surface area contributed by atoms with Crippen molar-refractivity contribution in [1.82, 2.24) is 0 Å². The highest BCUT2D eigenvalue weighted by atomic mass is 35.5. The van der Waals surface area contributed by atoms with E-state index in [0.717, 1.165) is 41.9 Å². The van der Waals surface area contributed by atoms with E-state index in [1.165, 1.54) is 32.1 Å². The van der Waals surface area contributed by atoms with Crippen LogP contribution in [-0.4, -0.2) is 12.6 Å². The molecule has 0 saturated heterocycles. The van der Waals surface area contributed by atoms with Crippen LogP contribution in [0.15, 0.2) is 48.5 Å². The molecule has 3 nitrogen and oxygen atoms in total. The third-order valence-electron chi connectivity index (χ3n) is 5.75. The van der Waals surface area contributed by atoms with Crippen LogP contribution in [0.2, 0.25) is 0 Å². The van der Waals surface area contributed by atoms with Crippen LogP contribution in [0.4, 0.5) is 0 Å². The number of unbranched alkanes of at least 4 members (excludes halogenated alkanes) is 5. The van der Waals surface area contributed by atoms with Gasteiger partial charge in [0.05, 0.1) is 12.0 Å². The molecule has 0 spiro atoms. The van der Waals surface area contributed by atoms with Crippen molar-refractivity contribution >= 4 is 17.8 Å². The lowest BCUT2D eigenvalue weighted by Crippen LogP contribution is -2.32. The fraction of sp³-hybridized carbons (Fsp3) is 0.500. The number of ether oxygens (including phenoxy) is 1. The molecule has 0 bridgehead atoms. The quantitative estimate of drug-likeness (QED) is 0.303. The fourth-order valence-electron chi connectivity index (χ4n) is 3.80. The van der Waals surface area contributed by atoms with Crippen LogP contribution < -0.4 is 4.74 Å². The summed E-state index contributed by atoms with van der Waals surface area (Å²) in [5, 5.41) is 0. The molecule has 0 unspecified atom stereocenters. The fourth-order valence-corrected chi connectivity index (χ4v) is 3.97. The molecule has 1 atom stereocenters. The largest absolute Gasteiger partial charge is 0.494 e. The van der Waals surface area contributed by atoms with Crippen LogP contribution >= 0.6 is 11.9 Å². The van der Waals surface area contributed by atoms with Crippen molar-refractivity contribution < 1.29 is 13.8 Å². The van der Waals surface area contributed by atoms with Crippen molar-refractivity contribution in [1.29, 1.82) is 0 Å². The zero-order valence-corrected chi connectivity index (χ0v) is 19.3. The maximum atomic E-state index is 12.2. The summed E-state index contributed by atoms with van der Waals surface area (Å²) in [6.07, 6.45) is 9.13. The van der Waals surface area contributed by atoms with Crippen LogP contribution in [0.1, 0.15) is 77.7 Å². The Hall–Kier alpha value is -2.00. The number of carbonyl (C=O) groups excluding carboxylic acids is 1. The van der Waals surface area contributed by atoms with Gasteiger partial charge in [0.2, 0.25) is 0 Å². The molecule has 0 saturated carbocycles. The molecule has 0 aliphatic heterocycles. The first-order chi connectivity index (χ1) is 14.5. The maximum absolute atomic E-state index is 12.2. The Morgan fingerprint density at radius 3 is 1.97 bits per heavy atom. The van der Waals surface area contributed by atoms with Crippen LogP contribution in [0.5, 0.6) is 5.75 Å². The molecule has 0 aromatic heterocycles. The zero-order chi connectivity index (χ0) is 21.8. The molecular formula is C26H35ClO3. The van der Waals surface area contributed by atoms with Gasteiger partial charge in [0, 0.05) is 0 Å². The van der Waals surface area contributed by atoms with Crippen molar-refractivity contribution in [3.8, 4) is 16.9 Å². The summed E-state index contributed by atoms with van der Waals surface area (Å²) >= 11 is 5.38. The van der Waals surface area contributed by atoms with E-state index >= 15 is 0 Å². The number of benzene rings is 2. The molecule has 0 N–H and O–H groups in total. The average molecular weight is 431 g/mol. The Kier molecular flexibility index (Phi) is 10.2. The lowest BCUT2D eigenvalue weighted by atomic mass is 9.78. The Morgan fingerprint density at radius 1 is 0.833 bits per heavy atom. The Balaban J connectivity index is 1.94. The summed E-state index contributed by atoms with van der Waals surface area (Å²) in [5.74, 6) is 0.495. The summed E-state index contributed by atoms with van der Waals surface area (Å²) < 4.78 is 10.4. The van der Waals surface area contributed by atoms with Crippen molar-refractivity contribution in [2.24, 2.45) is 0 Å². The van der Waals surface area contributed by atoms with E-state index in [1.54, 1.807) is 0 Å². The lowest BCUT2D eigenvalue weighted by Gasteiger charge is -2.26. The Morgan fingerprint density at radius 2 is 1.40 bits per heavy atom. The second kappa shape index (κ2) is 12.6. The van der Waals surface area contributed by atoms with Gasteiger partial charge in [-0.05, 0) is 48.6 Å². The third-order valence-corrected chi connectivity index (χ3v) is 5.89. The lowest BCUT2D eigenvalue weighted by molar-refractivity contribution is -0.140. The zero-order valence-electron chi connectivity index (χ0n) is 18.6. The molecule has 0 aliphatic rings. The molecule has 30 heavy (non-hydrogen) atoms. The first-order valence-electron chi connectivity index (χ1n) is 11.2. The van der Waals surface area contributed by atoms with Crippen LogP contribution in [-0.2, 0) is 14.5 Å². The van der Waals surface area contributed by atoms with Crippen molar-refractivity contribution in [3.63, 3.8) is 0 Å². The molecule has 2 aromatic rings. The van der Waals surface area contributed by atoms with Gasteiger partial charge in [-0.15, -0.1) is 0 Å². The van der Waals surface area contributed by atoms with Crippen LogP contribution in [0, 0.1) is 0 Å². The number of carbonyl (C=O) groups is 1. The van der Waals surface area contributed by atoms with E-state index < -0.39 is 11.4 Å². The van der Waals surface area contributed by atoms with Gasteiger partial charge in [0.15, 0.2) is 0 Å². The number of rotatable bonds is 13. The molecule has 0 aliphatic carbocycles. The highest BCUT2D eigenvalue weighted by molar-refractivity contribution is 6.14. The highest BCUT2D eigenvalue weighted by Crippen LogP contribution is 2.33. The summed E-state index contributed by atoms with van der Waals surface area (Å²) in [6.45, 7) is 6.94. The van der Waals surface area contributed by atoms with Crippen molar-refractivity contribution in [2.75, 3.05) is 6.61 Å². The summed E-state index contributed by atoms with van der Waals surface area (Å²) in [4.78, 5) is 12.2. The Labute approximate surface area is 186 Å². The number of hydrogen-bond acceptors (Lipinski definition) is 3. The molecule has 4 heteroatoms. The van der Waals surface area contributed by atoms with Gasteiger partial charge in [0.1, 0.15) is 17.6 Å². The van der Waals surface area contributed by atoms with Gasteiger partial charge < -0.3 is 9.03 Å². The summed E-state index contributed by atoms with van der Waals surface area (Å²) in [6, 6.07) is 16.2. The predicted octanol–water partition coefficient (Wildman–Crippen LogP) is 7.85. The minimum absolute atomic E-state index is 0.411. The predicted molar refractivity (Wildman–Crippen MR) is 125 cm³/mol. The van der Waals surface area contributed by atoms with Gasteiger partial charge in [-0.1, -0.05) is 88.8 Å². The smallest absolute Gasteiger partial charge is 0.334 e. The van der Waals surface area contributed by atoms with E-state index in [4.69, 9.17) is 16.6 Å². The van der Waals surface area contributed by atoms with E-state index in [0.29, 0.717) is 6.42 Å². The van der Waals surface area contributed by atoms with E-state index in [-0.39, 0.29) is 0 Å². The normalized spacial score (nSPS) is 12.9. The second-order valence-corrected chi connectivity index (χ2v) is 8.32. The van der Waals surface area contributed by atoms with Crippen LogP contribution in [0.25, 0.3) is 11.1 Å². The maximum Gasteiger partial charge on any atom is 0.334 e. The summed E-state index contributed by atoms with van der Waals surface area (Å²) in [7, 11) is 0. The Bertz CT molecular complexity index is 755. The molecule has 0 amide bonds. The molecular weight excluding hydrogens is 396 g/mol. The first-order valence-corrected chi connectivity index (χ1v) is 11.5. The van der Waals surface area contributed by atoms with Gasteiger partial charge in [-0.25, -0.2) is 4.79 Å². The molecule has 2 rings (SSSR count). The topological polar surface area (TPSA) is 35.5 Å². The van der Waals surface area contributed by atoms with Gasteiger partial charge in [0.25, 0.3) is 0 Å². The number of hydrogen-bond donors (Lipinski definition) is 0. The molecule has 0 fully saturated rings. The number of halogens is 1. The standard InChI is InChI=1S/C26H35ClO3/c1-4-6-7-8-9-10-20-29-24-17-13-22(14-18-24)21-11-15-23(16-12-21)26(3,19-5-2)25(28)30-27/h11-18H,4-10,19-20H2,1-3H3/t26-/m0/s1. The van der Waals surface area contributed by atoms with Gasteiger partial charge in [-0.3, -0.25) is 0 Å².